The number of carbonyl (C=O) groups is 2. The molecule has 1 aromatic carbocycles. The first-order valence-electron chi connectivity index (χ1n) is 10.7. The Bertz CT molecular complexity index is 1040. The SMILES string of the molecule is Cc1[nH]c(/C=C2\C(=O)Nc3ccc(F)cc32)c(C)c1C(=O)NCCCN1CCNCC1. The third-order valence-electron chi connectivity index (χ3n) is 5.90. The number of anilines is 1. The highest BCUT2D eigenvalue weighted by Gasteiger charge is 2.26. The van der Waals surface area contributed by atoms with Gasteiger partial charge in [0.15, 0.2) is 0 Å². The number of amides is 2. The summed E-state index contributed by atoms with van der Waals surface area (Å²) >= 11 is 0. The lowest BCUT2D eigenvalue weighted by atomic mass is 10.0. The predicted octanol–water partition coefficient (Wildman–Crippen LogP) is 2.29. The summed E-state index contributed by atoms with van der Waals surface area (Å²) in [6.07, 6.45) is 2.58. The second-order valence-corrected chi connectivity index (χ2v) is 8.07. The van der Waals surface area contributed by atoms with Crippen LogP contribution in [0.4, 0.5) is 10.1 Å². The van der Waals surface area contributed by atoms with E-state index in [1.54, 1.807) is 12.1 Å². The van der Waals surface area contributed by atoms with Crippen LogP contribution in [0.5, 0.6) is 0 Å². The lowest BCUT2D eigenvalue weighted by Crippen LogP contribution is -2.44. The predicted molar refractivity (Wildman–Crippen MR) is 119 cm³/mol. The van der Waals surface area contributed by atoms with Gasteiger partial charge in [0.25, 0.3) is 11.8 Å². The summed E-state index contributed by atoms with van der Waals surface area (Å²) in [5.41, 5.74) is 4.25. The first-order chi connectivity index (χ1) is 14.9. The number of piperazine rings is 1. The van der Waals surface area contributed by atoms with Gasteiger partial charge in [-0.05, 0) is 56.7 Å². The molecule has 2 aromatic rings. The molecule has 1 aromatic heterocycles. The molecule has 0 atom stereocenters. The van der Waals surface area contributed by atoms with E-state index >= 15 is 0 Å². The fourth-order valence-electron chi connectivity index (χ4n) is 4.23. The molecule has 164 valence electrons. The average Bonchev–Trinajstić information content (AvgIpc) is 3.21. The standard InChI is InChI=1S/C23H28FN5O2/c1-14-20(13-18-17-12-16(24)4-5-19(17)28-22(18)30)27-15(2)21(14)23(31)26-6-3-9-29-10-7-25-8-11-29/h4-5,12-13,25,27H,3,6-11H2,1-2H3,(H,26,31)(H,28,30)/b18-13-. The lowest BCUT2D eigenvalue weighted by Gasteiger charge is -2.27. The van der Waals surface area contributed by atoms with Crippen LogP contribution in [0, 0.1) is 19.7 Å². The van der Waals surface area contributed by atoms with E-state index in [2.05, 4.69) is 25.8 Å². The van der Waals surface area contributed by atoms with Crippen LogP contribution >= 0.6 is 0 Å². The number of aryl methyl sites for hydroxylation is 1. The summed E-state index contributed by atoms with van der Waals surface area (Å²) in [4.78, 5) is 30.8. The Morgan fingerprint density at radius 1 is 1.26 bits per heavy atom. The van der Waals surface area contributed by atoms with Crippen molar-refractivity contribution in [3.63, 3.8) is 0 Å². The zero-order chi connectivity index (χ0) is 22.0. The molecule has 0 bridgehead atoms. The van der Waals surface area contributed by atoms with Gasteiger partial charge in [0.2, 0.25) is 0 Å². The maximum atomic E-state index is 13.7. The van der Waals surface area contributed by atoms with Gasteiger partial charge in [0.05, 0.1) is 11.1 Å². The number of nitrogens with zero attached hydrogens (tertiary/aromatic N) is 1. The number of H-pyrrole nitrogens is 1. The fourth-order valence-corrected chi connectivity index (χ4v) is 4.23. The van der Waals surface area contributed by atoms with Gasteiger partial charge in [-0.2, -0.15) is 0 Å². The largest absolute Gasteiger partial charge is 0.358 e. The van der Waals surface area contributed by atoms with E-state index in [1.807, 2.05) is 13.8 Å². The summed E-state index contributed by atoms with van der Waals surface area (Å²) in [7, 11) is 0. The summed E-state index contributed by atoms with van der Waals surface area (Å²) in [6.45, 7) is 9.39. The molecule has 4 rings (SSSR count). The lowest BCUT2D eigenvalue weighted by molar-refractivity contribution is -0.110. The second-order valence-electron chi connectivity index (χ2n) is 8.07. The van der Waals surface area contributed by atoms with Gasteiger partial charge in [0.1, 0.15) is 5.82 Å². The maximum Gasteiger partial charge on any atom is 0.256 e. The van der Waals surface area contributed by atoms with Crippen molar-refractivity contribution in [1.82, 2.24) is 20.5 Å². The van der Waals surface area contributed by atoms with Gasteiger partial charge in [-0.25, -0.2) is 4.39 Å². The van der Waals surface area contributed by atoms with Gasteiger partial charge in [-0.3, -0.25) is 9.59 Å². The highest BCUT2D eigenvalue weighted by Crippen LogP contribution is 2.34. The number of benzene rings is 1. The van der Waals surface area contributed by atoms with E-state index in [4.69, 9.17) is 0 Å². The summed E-state index contributed by atoms with van der Waals surface area (Å²) in [5.74, 6) is -0.814. The minimum absolute atomic E-state index is 0.126. The van der Waals surface area contributed by atoms with Gasteiger partial charge in [-0.15, -0.1) is 0 Å². The van der Waals surface area contributed by atoms with E-state index in [-0.39, 0.29) is 11.8 Å². The molecular formula is C23H28FN5O2. The molecule has 8 heteroatoms. The Balaban J connectivity index is 1.45. The van der Waals surface area contributed by atoms with Crippen LogP contribution in [-0.2, 0) is 4.79 Å². The first kappa shape index (κ1) is 21.3. The van der Waals surface area contributed by atoms with Crippen LogP contribution in [0.25, 0.3) is 11.6 Å². The van der Waals surface area contributed by atoms with Crippen LogP contribution in [0.2, 0.25) is 0 Å². The number of carbonyl (C=O) groups excluding carboxylic acids is 2. The third kappa shape index (κ3) is 4.55. The zero-order valence-electron chi connectivity index (χ0n) is 17.9. The highest BCUT2D eigenvalue weighted by atomic mass is 19.1. The molecule has 1 fully saturated rings. The molecule has 2 amide bonds. The van der Waals surface area contributed by atoms with Crippen molar-refractivity contribution < 1.29 is 14.0 Å². The Morgan fingerprint density at radius 3 is 2.81 bits per heavy atom. The molecule has 0 unspecified atom stereocenters. The van der Waals surface area contributed by atoms with Crippen molar-refractivity contribution in [2.75, 3.05) is 44.6 Å². The number of rotatable bonds is 6. The van der Waals surface area contributed by atoms with Gasteiger partial charge in [0, 0.05) is 55.4 Å². The number of hydrogen-bond acceptors (Lipinski definition) is 4. The molecule has 0 spiro atoms. The topological polar surface area (TPSA) is 89.3 Å². The molecular weight excluding hydrogens is 397 g/mol. The van der Waals surface area contributed by atoms with Crippen LogP contribution < -0.4 is 16.0 Å². The Morgan fingerprint density at radius 2 is 2.03 bits per heavy atom. The fraction of sp³-hybridized carbons (Fsp3) is 0.391. The number of hydrogen-bond donors (Lipinski definition) is 4. The van der Waals surface area contributed by atoms with E-state index in [9.17, 15) is 14.0 Å². The Kier molecular flexibility index (Phi) is 6.20. The van der Waals surface area contributed by atoms with Crippen LogP contribution in [0.1, 0.15) is 39.3 Å². The molecule has 31 heavy (non-hydrogen) atoms. The first-order valence-corrected chi connectivity index (χ1v) is 10.7. The highest BCUT2D eigenvalue weighted by molar-refractivity contribution is 6.34. The van der Waals surface area contributed by atoms with Crippen molar-refractivity contribution in [2.24, 2.45) is 0 Å². The molecule has 0 radical (unpaired) electrons. The van der Waals surface area contributed by atoms with E-state index < -0.39 is 5.82 Å². The zero-order valence-corrected chi connectivity index (χ0v) is 17.9. The minimum Gasteiger partial charge on any atom is -0.358 e. The third-order valence-corrected chi connectivity index (χ3v) is 5.90. The van der Waals surface area contributed by atoms with Crippen molar-refractivity contribution >= 4 is 29.2 Å². The number of aromatic nitrogens is 1. The van der Waals surface area contributed by atoms with Crippen molar-refractivity contribution in [3.05, 3.63) is 52.1 Å². The van der Waals surface area contributed by atoms with E-state index in [0.717, 1.165) is 50.4 Å². The molecule has 1 saturated heterocycles. The van der Waals surface area contributed by atoms with Crippen LogP contribution in [0.15, 0.2) is 18.2 Å². The average molecular weight is 426 g/mol. The summed E-state index contributed by atoms with van der Waals surface area (Å²) in [5, 5.41) is 9.09. The Labute approximate surface area is 181 Å². The van der Waals surface area contributed by atoms with Crippen LogP contribution in [0.3, 0.4) is 0 Å². The summed E-state index contributed by atoms with van der Waals surface area (Å²) in [6, 6.07) is 4.21. The molecule has 3 heterocycles. The summed E-state index contributed by atoms with van der Waals surface area (Å²) < 4.78 is 13.7. The number of halogens is 1. The van der Waals surface area contributed by atoms with Crippen molar-refractivity contribution in [3.8, 4) is 0 Å². The molecule has 2 aliphatic rings. The van der Waals surface area contributed by atoms with E-state index in [0.29, 0.717) is 34.6 Å². The van der Waals surface area contributed by atoms with Crippen molar-refractivity contribution in [1.29, 1.82) is 0 Å². The van der Waals surface area contributed by atoms with Crippen LogP contribution in [-0.4, -0.2) is 61.0 Å². The monoisotopic (exact) mass is 425 g/mol. The number of fused-ring (bicyclic) bond motifs is 1. The molecule has 4 N–H and O–H groups in total. The van der Waals surface area contributed by atoms with Crippen molar-refractivity contribution in [2.45, 2.75) is 20.3 Å². The van der Waals surface area contributed by atoms with Gasteiger partial charge < -0.3 is 25.8 Å². The maximum absolute atomic E-state index is 13.7. The Hall–Kier alpha value is -2.97. The smallest absolute Gasteiger partial charge is 0.256 e. The van der Waals surface area contributed by atoms with E-state index in [1.165, 1.54) is 12.1 Å². The molecule has 2 aliphatic heterocycles. The quantitative estimate of drug-likeness (QED) is 0.422. The van der Waals surface area contributed by atoms with Gasteiger partial charge in [-0.1, -0.05) is 0 Å². The second kappa shape index (κ2) is 9.03. The molecule has 7 nitrogen and oxygen atoms in total. The molecule has 0 saturated carbocycles. The molecule has 0 aliphatic carbocycles. The normalized spacial score (nSPS) is 17.6. The minimum atomic E-state index is -0.401. The number of nitrogens with one attached hydrogen (secondary N) is 4. The van der Waals surface area contributed by atoms with Gasteiger partial charge >= 0.3 is 0 Å². The number of aromatic amines is 1.